The fourth-order valence-corrected chi connectivity index (χ4v) is 6.15. The SMILES string of the molecule is O=C1C[C@@H]2[C@@H](/C=C/[C@@H](COc3cccc(Cl)c3)OC(=O)c3ccc([N+](=O)[O-])cc3)[C@H](OC(=O)c3ccc(-c4ccccc4)cc3)C[C@@H]2O1. The minimum Gasteiger partial charge on any atom is -0.489 e. The monoisotopic (exact) mass is 667 g/mol. The van der Waals surface area contributed by atoms with E-state index in [0.29, 0.717) is 22.8 Å². The summed E-state index contributed by atoms with van der Waals surface area (Å²) in [6, 6.07) is 28.7. The first kappa shape index (κ1) is 32.5. The molecule has 1 saturated heterocycles. The number of nitrogens with zero attached hydrogens (tertiary/aromatic N) is 1. The van der Waals surface area contributed by atoms with Gasteiger partial charge < -0.3 is 18.9 Å². The van der Waals surface area contributed by atoms with E-state index in [9.17, 15) is 24.5 Å². The molecule has 0 N–H and O–H groups in total. The molecule has 0 spiro atoms. The van der Waals surface area contributed by atoms with Crippen molar-refractivity contribution in [2.75, 3.05) is 6.61 Å². The Hall–Kier alpha value is -5.48. The van der Waals surface area contributed by atoms with Crippen molar-refractivity contribution in [2.45, 2.75) is 31.2 Å². The molecule has 1 aliphatic heterocycles. The topological polar surface area (TPSA) is 131 Å². The molecule has 11 heteroatoms. The summed E-state index contributed by atoms with van der Waals surface area (Å²) in [5.41, 5.74) is 2.32. The number of hydrogen-bond donors (Lipinski definition) is 0. The van der Waals surface area contributed by atoms with Crippen LogP contribution in [0.25, 0.3) is 11.1 Å². The van der Waals surface area contributed by atoms with Crippen LogP contribution in [-0.4, -0.2) is 47.8 Å². The number of nitro groups is 1. The fourth-order valence-electron chi connectivity index (χ4n) is 5.97. The van der Waals surface area contributed by atoms with Crippen LogP contribution in [0.15, 0.2) is 115 Å². The molecular weight excluding hydrogens is 638 g/mol. The van der Waals surface area contributed by atoms with Gasteiger partial charge in [-0.2, -0.15) is 0 Å². The van der Waals surface area contributed by atoms with Gasteiger partial charge in [0, 0.05) is 35.4 Å². The Kier molecular flexibility index (Phi) is 9.82. The molecule has 244 valence electrons. The van der Waals surface area contributed by atoms with E-state index in [4.69, 9.17) is 30.5 Å². The normalized spacial score (nSPS) is 20.5. The van der Waals surface area contributed by atoms with Gasteiger partial charge in [0.25, 0.3) is 5.69 Å². The van der Waals surface area contributed by atoms with Crippen LogP contribution in [0.3, 0.4) is 0 Å². The van der Waals surface area contributed by atoms with Crippen molar-refractivity contribution >= 4 is 35.2 Å². The Balaban J connectivity index is 1.20. The highest BCUT2D eigenvalue weighted by Crippen LogP contribution is 2.44. The molecule has 0 radical (unpaired) electrons. The zero-order valence-electron chi connectivity index (χ0n) is 25.5. The maximum atomic E-state index is 13.3. The Morgan fingerprint density at radius 1 is 0.917 bits per heavy atom. The summed E-state index contributed by atoms with van der Waals surface area (Å²) in [6.07, 6.45) is 1.94. The van der Waals surface area contributed by atoms with E-state index in [-0.39, 0.29) is 36.2 Å². The maximum absolute atomic E-state index is 13.3. The lowest BCUT2D eigenvalue weighted by atomic mass is 9.91. The molecule has 5 atom stereocenters. The first-order valence-electron chi connectivity index (χ1n) is 15.3. The van der Waals surface area contributed by atoms with Gasteiger partial charge in [-0.05, 0) is 59.7 Å². The highest BCUT2D eigenvalue weighted by atomic mass is 35.5. The molecule has 2 fully saturated rings. The van der Waals surface area contributed by atoms with Crippen LogP contribution < -0.4 is 4.74 Å². The number of carbonyl (C=O) groups excluding carboxylic acids is 3. The molecule has 0 amide bonds. The van der Waals surface area contributed by atoms with Gasteiger partial charge in [0.05, 0.1) is 22.5 Å². The molecule has 4 aromatic carbocycles. The number of rotatable bonds is 11. The zero-order valence-corrected chi connectivity index (χ0v) is 26.2. The van der Waals surface area contributed by atoms with Gasteiger partial charge in [-0.3, -0.25) is 14.9 Å². The van der Waals surface area contributed by atoms with Gasteiger partial charge in [0.15, 0.2) is 6.10 Å². The summed E-state index contributed by atoms with van der Waals surface area (Å²) in [6.45, 7) is -0.0932. The molecule has 2 aliphatic rings. The molecule has 48 heavy (non-hydrogen) atoms. The fraction of sp³-hybridized carbons (Fsp3) is 0.216. The van der Waals surface area contributed by atoms with E-state index in [2.05, 4.69) is 0 Å². The number of ether oxygens (including phenoxy) is 4. The van der Waals surface area contributed by atoms with Gasteiger partial charge in [-0.15, -0.1) is 0 Å². The van der Waals surface area contributed by atoms with E-state index in [1.807, 2.05) is 42.5 Å². The van der Waals surface area contributed by atoms with Crippen LogP contribution in [0.2, 0.25) is 5.02 Å². The Morgan fingerprint density at radius 2 is 1.60 bits per heavy atom. The van der Waals surface area contributed by atoms with Gasteiger partial charge in [0.1, 0.15) is 24.6 Å². The van der Waals surface area contributed by atoms with E-state index >= 15 is 0 Å². The average Bonchev–Trinajstić information content (AvgIpc) is 3.61. The van der Waals surface area contributed by atoms with Gasteiger partial charge in [0.2, 0.25) is 0 Å². The minimum absolute atomic E-state index is 0.0932. The third-order valence-corrected chi connectivity index (χ3v) is 8.60. The summed E-state index contributed by atoms with van der Waals surface area (Å²) in [5.74, 6) is -1.76. The lowest BCUT2D eigenvalue weighted by Gasteiger charge is -2.21. The van der Waals surface area contributed by atoms with E-state index in [1.165, 1.54) is 24.3 Å². The van der Waals surface area contributed by atoms with Crippen LogP contribution in [0.1, 0.15) is 33.6 Å². The standard InChI is InChI=1S/C37H30ClNO9/c38-27-7-4-8-29(19-27)45-22-30(46-36(41)26-13-15-28(16-14-26)39(43)44)17-18-31-32-20-35(40)47-34(32)21-33(31)48-37(42)25-11-9-24(10-12-25)23-5-2-1-3-6-23/h1-19,30-34H,20-22H2/b18-17+/t30-,31+,32+,33+,34-/m0/s1. The first-order chi connectivity index (χ1) is 23.2. The lowest BCUT2D eigenvalue weighted by molar-refractivity contribution is -0.384. The molecule has 0 unspecified atom stereocenters. The first-order valence-corrected chi connectivity index (χ1v) is 15.7. The van der Waals surface area contributed by atoms with E-state index in [0.717, 1.165) is 11.1 Å². The van der Waals surface area contributed by atoms with E-state index < -0.39 is 41.1 Å². The van der Waals surface area contributed by atoms with Crippen molar-refractivity contribution < 1.29 is 38.3 Å². The lowest BCUT2D eigenvalue weighted by Crippen LogP contribution is -2.27. The van der Waals surface area contributed by atoms with Crippen molar-refractivity contribution in [3.05, 3.63) is 142 Å². The van der Waals surface area contributed by atoms with Gasteiger partial charge in [-0.25, -0.2) is 9.59 Å². The summed E-state index contributed by atoms with van der Waals surface area (Å²) in [7, 11) is 0. The van der Waals surface area contributed by atoms with Crippen molar-refractivity contribution in [1.82, 2.24) is 0 Å². The summed E-state index contributed by atoms with van der Waals surface area (Å²) < 4.78 is 23.2. The number of halogens is 1. The average molecular weight is 668 g/mol. The molecule has 10 nitrogen and oxygen atoms in total. The predicted octanol–water partition coefficient (Wildman–Crippen LogP) is 7.25. The third-order valence-electron chi connectivity index (χ3n) is 8.37. The zero-order chi connectivity index (χ0) is 33.6. The Bertz CT molecular complexity index is 1830. The molecule has 0 bridgehead atoms. The molecular formula is C37H30ClNO9. The molecule has 1 aliphatic carbocycles. The van der Waals surface area contributed by atoms with Crippen LogP contribution in [-0.2, 0) is 19.0 Å². The molecule has 4 aromatic rings. The highest BCUT2D eigenvalue weighted by Gasteiger charge is 2.50. The van der Waals surface area contributed by atoms with Crippen LogP contribution >= 0.6 is 11.6 Å². The number of non-ortho nitro benzene ring substituents is 1. The minimum atomic E-state index is -0.925. The largest absolute Gasteiger partial charge is 0.489 e. The Labute approximate surface area is 281 Å². The molecule has 6 rings (SSSR count). The van der Waals surface area contributed by atoms with Crippen LogP contribution in [0, 0.1) is 22.0 Å². The number of esters is 3. The Morgan fingerprint density at radius 3 is 2.31 bits per heavy atom. The third kappa shape index (κ3) is 7.72. The van der Waals surface area contributed by atoms with Crippen molar-refractivity contribution in [1.29, 1.82) is 0 Å². The summed E-state index contributed by atoms with van der Waals surface area (Å²) >= 11 is 6.10. The number of fused-ring (bicyclic) bond motifs is 1. The quantitative estimate of drug-likeness (QED) is 0.0533. The second-order valence-electron chi connectivity index (χ2n) is 11.5. The maximum Gasteiger partial charge on any atom is 0.338 e. The summed E-state index contributed by atoms with van der Waals surface area (Å²) in [5, 5.41) is 11.5. The molecule has 1 heterocycles. The number of nitro benzene ring substituents is 1. The van der Waals surface area contributed by atoms with Gasteiger partial charge >= 0.3 is 17.9 Å². The number of carbonyl (C=O) groups is 3. The van der Waals surface area contributed by atoms with E-state index in [1.54, 1.807) is 48.6 Å². The van der Waals surface area contributed by atoms with Gasteiger partial charge in [-0.1, -0.05) is 66.2 Å². The second kappa shape index (κ2) is 14.5. The summed E-state index contributed by atoms with van der Waals surface area (Å²) in [4.78, 5) is 49.0. The van der Waals surface area contributed by atoms with Crippen LogP contribution in [0.4, 0.5) is 5.69 Å². The van der Waals surface area contributed by atoms with Crippen molar-refractivity contribution in [3.8, 4) is 16.9 Å². The van der Waals surface area contributed by atoms with Crippen LogP contribution in [0.5, 0.6) is 5.75 Å². The number of hydrogen-bond acceptors (Lipinski definition) is 9. The highest BCUT2D eigenvalue weighted by molar-refractivity contribution is 6.30. The smallest absolute Gasteiger partial charge is 0.338 e. The second-order valence-corrected chi connectivity index (χ2v) is 11.9. The predicted molar refractivity (Wildman–Crippen MR) is 176 cm³/mol. The van der Waals surface area contributed by atoms with Crippen molar-refractivity contribution in [3.63, 3.8) is 0 Å². The number of benzene rings is 4. The molecule has 0 aromatic heterocycles. The van der Waals surface area contributed by atoms with Crippen molar-refractivity contribution in [2.24, 2.45) is 11.8 Å². The molecule has 1 saturated carbocycles.